The Morgan fingerprint density at radius 2 is 1.00 bits per heavy atom. The summed E-state index contributed by atoms with van der Waals surface area (Å²) in [5.74, 6) is 2.49. The standard InChI is InChI=1S/C42H56N2O5/c45-31-13-11-29-23-33-41(47)17-3-1-15-39(41,19-21-43(33)25-27-7-5-8-27)35(29)37(31)49-38-32(46)14-12-30-24-34-42(48)18-4-2-16-40(42,36(30)38)20-22-44(34)26-28-9-6-10-28/h11-14,27-28,33-34,45-48H,1-10,15-26H2/t33-,34-,39+,40+,41-,42-/m1/s1. The highest BCUT2D eigenvalue weighted by atomic mass is 16.5. The van der Waals surface area contributed by atoms with Crippen LogP contribution in [0.1, 0.15) is 125 Å². The second kappa shape index (κ2) is 11.1. The number of phenols is 2. The molecule has 4 saturated carbocycles. The quantitative estimate of drug-likeness (QED) is 0.268. The number of hydrogen-bond acceptors (Lipinski definition) is 7. The highest BCUT2D eigenvalue weighted by Gasteiger charge is 2.66. The van der Waals surface area contributed by atoms with Gasteiger partial charge in [0.05, 0.1) is 11.2 Å². The van der Waals surface area contributed by atoms with Crippen molar-refractivity contribution in [2.75, 3.05) is 26.2 Å². The molecule has 8 aliphatic rings. The summed E-state index contributed by atoms with van der Waals surface area (Å²) in [4.78, 5) is 5.22. The summed E-state index contributed by atoms with van der Waals surface area (Å²) in [5, 5.41) is 49.4. The van der Waals surface area contributed by atoms with Crippen LogP contribution in [0.4, 0.5) is 0 Å². The van der Waals surface area contributed by atoms with Crippen LogP contribution in [0.15, 0.2) is 24.3 Å². The Morgan fingerprint density at radius 3 is 1.41 bits per heavy atom. The Hall–Kier alpha value is -2.32. The largest absolute Gasteiger partial charge is 0.504 e. The molecular weight excluding hydrogens is 612 g/mol. The molecule has 4 N–H and O–H groups in total. The number of aliphatic hydroxyl groups is 2. The molecule has 7 heteroatoms. The summed E-state index contributed by atoms with van der Waals surface area (Å²) in [5.41, 5.74) is 1.53. The Labute approximate surface area is 291 Å². The van der Waals surface area contributed by atoms with Gasteiger partial charge in [-0.3, -0.25) is 9.80 Å². The van der Waals surface area contributed by atoms with Gasteiger partial charge in [-0.05, 0) is 125 Å². The first-order valence-corrected chi connectivity index (χ1v) is 20.1. The van der Waals surface area contributed by atoms with Crippen LogP contribution in [0.3, 0.4) is 0 Å². The van der Waals surface area contributed by atoms with E-state index < -0.39 is 22.0 Å². The molecule has 10 rings (SSSR count). The maximum Gasteiger partial charge on any atom is 0.173 e. The maximum absolute atomic E-state index is 13.0. The lowest BCUT2D eigenvalue weighted by atomic mass is 9.49. The predicted octanol–water partition coefficient (Wildman–Crippen LogP) is 6.84. The molecule has 0 spiro atoms. The first-order chi connectivity index (χ1) is 23.8. The zero-order valence-corrected chi connectivity index (χ0v) is 29.3. The van der Waals surface area contributed by atoms with Gasteiger partial charge >= 0.3 is 0 Å². The minimum Gasteiger partial charge on any atom is -0.504 e. The lowest BCUT2D eigenvalue weighted by molar-refractivity contribution is -0.170. The summed E-state index contributed by atoms with van der Waals surface area (Å²) in [7, 11) is 0. The number of piperidine rings is 2. The van der Waals surface area contributed by atoms with Crippen LogP contribution in [0.5, 0.6) is 23.0 Å². The van der Waals surface area contributed by atoms with E-state index in [9.17, 15) is 20.4 Å². The van der Waals surface area contributed by atoms with Crippen molar-refractivity contribution in [3.05, 3.63) is 46.5 Å². The molecule has 0 aromatic heterocycles. The summed E-state index contributed by atoms with van der Waals surface area (Å²) in [6.07, 6.45) is 18.5. The van der Waals surface area contributed by atoms with Gasteiger partial charge in [-0.25, -0.2) is 0 Å². The molecule has 6 fully saturated rings. The number of fused-ring (bicyclic) bond motifs is 2. The molecule has 0 radical (unpaired) electrons. The Kier molecular flexibility index (Phi) is 7.11. The minimum absolute atomic E-state index is 0.0723. The van der Waals surface area contributed by atoms with E-state index in [1.807, 2.05) is 0 Å². The van der Waals surface area contributed by atoms with Crippen LogP contribution in [0, 0.1) is 11.8 Å². The first kappa shape index (κ1) is 31.4. The fourth-order valence-corrected chi connectivity index (χ4v) is 13.1. The lowest BCUT2D eigenvalue weighted by Gasteiger charge is -2.64. The first-order valence-electron chi connectivity index (χ1n) is 20.1. The van der Waals surface area contributed by atoms with Crippen LogP contribution >= 0.6 is 0 Å². The van der Waals surface area contributed by atoms with Crippen LogP contribution in [0.2, 0.25) is 0 Å². The predicted molar refractivity (Wildman–Crippen MR) is 189 cm³/mol. The molecule has 2 saturated heterocycles. The fraction of sp³-hybridized carbons (Fsp3) is 0.714. The Morgan fingerprint density at radius 1 is 0.571 bits per heavy atom. The average molecular weight is 669 g/mol. The molecule has 49 heavy (non-hydrogen) atoms. The topological polar surface area (TPSA) is 96.6 Å². The third-order valence-corrected chi connectivity index (χ3v) is 16.0. The van der Waals surface area contributed by atoms with Crippen molar-refractivity contribution in [2.24, 2.45) is 11.8 Å². The number of hydrogen-bond donors (Lipinski definition) is 4. The fourth-order valence-electron chi connectivity index (χ4n) is 13.1. The van der Waals surface area contributed by atoms with Gasteiger partial charge < -0.3 is 25.2 Å². The highest BCUT2D eigenvalue weighted by molar-refractivity contribution is 5.64. The van der Waals surface area contributed by atoms with Crippen molar-refractivity contribution < 1.29 is 25.2 Å². The molecule has 264 valence electrons. The van der Waals surface area contributed by atoms with Gasteiger partial charge in [-0.15, -0.1) is 0 Å². The van der Waals surface area contributed by atoms with Crippen molar-refractivity contribution in [3.8, 4) is 23.0 Å². The second-order valence-corrected chi connectivity index (χ2v) is 17.9. The average Bonchev–Trinajstić information content (AvgIpc) is 3.04. The van der Waals surface area contributed by atoms with E-state index in [2.05, 4.69) is 21.9 Å². The monoisotopic (exact) mass is 668 g/mol. The van der Waals surface area contributed by atoms with Gasteiger partial charge in [0.25, 0.3) is 0 Å². The van der Waals surface area contributed by atoms with Gasteiger partial charge in [0.15, 0.2) is 23.0 Å². The zero-order chi connectivity index (χ0) is 33.2. The van der Waals surface area contributed by atoms with E-state index in [4.69, 9.17) is 4.74 Å². The summed E-state index contributed by atoms with van der Waals surface area (Å²) in [6, 6.07) is 7.86. The summed E-state index contributed by atoms with van der Waals surface area (Å²) >= 11 is 0. The van der Waals surface area contributed by atoms with Crippen molar-refractivity contribution in [1.82, 2.24) is 9.80 Å². The summed E-state index contributed by atoms with van der Waals surface area (Å²) in [6.45, 7) is 4.07. The van der Waals surface area contributed by atoms with Gasteiger partial charge in [0, 0.05) is 47.1 Å². The molecule has 6 atom stereocenters. The molecule has 2 aliphatic heterocycles. The van der Waals surface area contributed by atoms with Gasteiger partial charge in [0.2, 0.25) is 0 Å². The van der Waals surface area contributed by atoms with Gasteiger partial charge in [0.1, 0.15) is 0 Å². The molecule has 2 aromatic rings. The van der Waals surface area contributed by atoms with E-state index in [1.54, 1.807) is 12.1 Å². The SMILES string of the molecule is Oc1ccc2c(c1Oc1c(O)ccc3c1[C@@]14CCCC[C@@]1(O)[C@@H](C3)N(CC1CCC1)CC4)[C@@]13CCCC[C@@]1(O)[C@@H](C2)N(CC1CCC1)CC3. The number of benzene rings is 2. The molecule has 2 aromatic carbocycles. The van der Waals surface area contributed by atoms with E-state index in [1.165, 1.54) is 49.7 Å². The van der Waals surface area contributed by atoms with Crippen LogP contribution < -0.4 is 4.74 Å². The van der Waals surface area contributed by atoms with Crippen molar-refractivity contribution >= 4 is 0 Å². The molecule has 2 heterocycles. The van der Waals surface area contributed by atoms with E-state index >= 15 is 0 Å². The van der Waals surface area contributed by atoms with Gasteiger partial charge in [-0.1, -0.05) is 50.7 Å². The zero-order valence-electron chi connectivity index (χ0n) is 29.3. The second-order valence-electron chi connectivity index (χ2n) is 17.9. The number of phenolic OH excluding ortho intramolecular Hbond substituents is 2. The Balaban J connectivity index is 1.09. The molecule has 6 aliphatic carbocycles. The molecule has 4 bridgehead atoms. The Bertz CT molecular complexity index is 1530. The number of rotatable bonds is 6. The van der Waals surface area contributed by atoms with Crippen molar-refractivity contribution in [1.29, 1.82) is 0 Å². The van der Waals surface area contributed by atoms with Crippen molar-refractivity contribution in [3.63, 3.8) is 0 Å². The smallest absolute Gasteiger partial charge is 0.173 e. The minimum atomic E-state index is -0.882. The molecule has 7 nitrogen and oxygen atoms in total. The van der Waals surface area contributed by atoms with Crippen LogP contribution in [-0.4, -0.2) is 79.7 Å². The van der Waals surface area contributed by atoms with Crippen LogP contribution in [-0.2, 0) is 23.7 Å². The molecule has 0 amide bonds. The third kappa shape index (κ3) is 4.22. The molecule has 0 unspecified atom stereocenters. The number of ether oxygens (including phenoxy) is 1. The number of aromatic hydroxyl groups is 2. The summed E-state index contributed by atoms with van der Waals surface area (Å²) < 4.78 is 7.08. The van der Waals surface area contributed by atoms with Gasteiger partial charge in [-0.2, -0.15) is 0 Å². The maximum atomic E-state index is 13.0. The third-order valence-electron chi connectivity index (χ3n) is 16.0. The van der Waals surface area contributed by atoms with E-state index in [-0.39, 0.29) is 23.6 Å². The lowest BCUT2D eigenvalue weighted by Crippen LogP contribution is -2.73. The van der Waals surface area contributed by atoms with E-state index in [0.29, 0.717) is 11.5 Å². The van der Waals surface area contributed by atoms with Crippen molar-refractivity contribution in [2.45, 2.75) is 150 Å². The van der Waals surface area contributed by atoms with E-state index in [0.717, 1.165) is 126 Å². The normalized spacial score (nSPS) is 38.7. The number of nitrogens with zero attached hydrogens (tertiary/aromatic N) is 2. The molecular formula is C42H56N2O5. The number of likely N-dealkylation sites (tertiary alicyclic amines) is 2. The highest BCUT2D eigenvalue weighted by Crippen LogP contribution is 2.65. The van der Waals surface area contributed by atoms with Crippen LogP contribution in [0.25, 0.3) is 0 Å².